The second-order valence-corrected chi connectivity index (χ2v) is 8.04. The Morgan fingerprint density at radius 1 is 1.35 bits per heavy atom. The van der Waals surface area contributed by atoms with Gasteiger partial charge in [-0.05, 0) is 19.9 Å². The van der Waals surface area contributed by atoms with Crippen LogP contribution in [-0.4, -0.2) is 25.0 Å². The van der Waals surface area contributed by atoms with Crippen LogP contribution in [-0.2, 0) is 14.8 Å². The summed E-state index contributed by atoms with van der Waals surface area (Å²) >= 11 is 7.10. The number of carboxylic acids is 1. The number of sulfonamides is 1. The SMILES string of the molecule is CC(C)(NS(=O)(=O)c1sc2ccccc2c1Cl)C(=O)O. The van der Waals surface area contributed by atoms with Gasteiger partial charge in [0.1, 0.15) is 5.54 Å². The topological polar surface area (TPSA) is 83.5 Å². The number of rotatable bonds is 4. The molecule has 0 bridgehead atoms. The Kier molecular flexibility index (Phi) is 3.81. The van der Waals surface area contributed by atoms with Crippen LogP contribution in [0.4, 0.5) is 0 Å². The average molecular weight is 334 g/mol. The predicted octanol–water partition coefficient (Wildman–Crippen LogP) is 2.70. The number of hydrogen-bond donors (Lipinski definition) is 2. The minimum atomic E-state index is -4.00. The molecule has 2 rings (SSSR count). The number of aliphatic carboxylic acids is 1. The van der Waals surface area contributed by atoms with E-state index in [9.17, 15) is 13.2 Å². The van der Waals surface area contributed by atoms with Gasteiger partial charge in [0.2, 0.25) is 0 Å². The van der Waals surface area contributed by atoms with E-state index in [1.807, 2.05) is 0 Å². The number of fused-ring (bicyclic) bond motifs is 1. The van der Waals surface area contributed by atoms with E-state index in [4.69, 9.17) is 16.7 Å². The van der Waals surface area contributed by atoms with Crippen LogP contribution in [0.1, 0.15) is 13.8 Å². The first kappa shape index (κ1) is 15.2. The lowest BCUT2D eigenvalue weighted by Gasteiger charge is -2.20. The number of thiophene rings is 1. The summed E-state index contributed by atoms with van der Waals surface area (Å²) in [5.74, 6) is -1.27. The monoisotopic (exact) mass is 333 g/mol. The molecule has 2 N–H and O–H groups in total. The fourth-order valence-corrected chi connectivity index (χ4v) is 5.09. The summed E-state index contributed by atoms with van der Waals surface area (Å²) in [6, 6.07) is 7.01. The summed E-state index contributed by atoms with van der Waals surface area (Å²) in [5, 5.41) is 9.75. The molecule has 5 nitrogen and oxygen atoms in total. The maximum atomic E-state index is 12.3. The third-order valence-corrected chi connectivity index (χ3v) is 6.64. The van der Waals surface area contributed by atoms with Crippen molar-refractivity contribution in [1.82, 2.24) is 4.72 Å². The van der Waals surface area contributed by atoms with E-state index in [0.717, 1.165) is 16.0 Å². The predicted molar refractivity (Wildman–Crippen MR) is 78.9 cm³/mol. The lowest BCUT2D eigenvalue weighted by atomic mass is 10.1. The fourth-order valence-electron chi connectivity index (χ4n) is 1.59. The molecule has 0 unspecified atom stereocenters. The Hall–Kier alpha value is -1.15. The van der Waals surface area contributed by atoms with Gasteiger partial charge in [0.25, 0.3) is 10.0 Å². The largest absolute Gasteiger partial charge is 0.480 e. The van der Waals surface area contributed by atoms with Crippen LogP contribution in [0, 0.1) is 0 Å². The minimum Gasteiger partial charge on any atom is -0.480 e. The Labute approximate surface area is 125 Å². The summed E-state index contributed by atoms with van der Waals surface area (Å²) in [5.41, 5.74) is -1.61. The Morgan fingerprint density at radius 2 is 1.95 bits per heavy atom. The van der Waals surface area contributed by atoms with Crippen LogP contribution >= 0.6 is 22.9 Å². The molecule has 0 aliphatic carbocycles. The number of carboxylic acid groups (broad SMARTS) is 1. The zero-order valence-corrected chi connectivity index (χ0v) is 13.1. The molecule has 0 saturated heterocycles. The molecule has 20 heavy (non-hydrogen) atoms. The Balaban J connectivity index is 2.53. The number of carbonyl (C=O) groups is 1. The molecule has 0 aliphatic rings. The summed E-state index contributed by atoms with van der Waals surface area (Å²) in [7, 11) is -4.00. The van der Waals surface area contributed by atoms with Crippen LogP contribution in [0.5, 0.6) is 0 Å². The van der Waals surface area contributed by atoms with Crippen molar-refractivity contribution in [2.75, 3.05) is 0 Å². The van der Waals surface area contributed by atoms with Crippen molar-refractivity contribution in [1.29, 1.82) is 0 Å². The molecular formula is C12H12ClNO4S2. The van der Waals surface area contributed by atoms with Crippen LogP contribution < -0.4 is 4.72 Å². The normalized spacial score (nSPS) is 12.8. The zero-order chi connectivity index (χ0) is 15.1. The third-order valence-electron chi connectivity index (χ3n) is 2.67. The molecule has 2 aromatic rings. The van der Waals surface area contributed by atoms with Gasteiger partial charge >= 0.3 is 5.97 Å². The first-order valence-electron chi connectivity index (χ1n) is 5.59. The molecular weight excluding hydrogens is 322 g/mol. The van der Waals surface area contributed by atoms with Crippen molar-refractivity contribution in [3.05, 3.63) is 29.3 Å². The van der Waals surface area contributed by atoms with Crippen molar-refractivity contribution in [3.8, 4) is 0 Å². The van der Waals surface area contributed by atoms with Gasteiger partial charge in [-0.15, -0.1) is 11.3 Å². The molecule has 0 aliphatic heterocycles. The molecule has 8 heteroatoms. The summed E-state index contributed by atoms with van der Waals surface area (Å²) in [4.78, 5) is 11.0. The van der Waals surface area contributed by atoms with Gasteiger partial charge in [0, 0.05) is 10.1 Å². The summed E-state index contributed by atoms with van der Waals surface area (Å²) in [6.45, 7) is 2.54. The average Bonchev–Trinajstić information content (AvgIpc) is 2.67. The quantitative estimate of drug-likeness (QED) is 0.901. The Bertz CT molecular complexity index is 780. The van der Waals surface area contributed by atoms with E-state index < -0.39 is 21.5 Å². The molecule has 0 atom stereocenters. The van der Waals surface area contributed by atoms with Gasteiger partial charge in [0.15, 0.2) is 4.21 Å². The molecule has 0 amide bonds. The van der Waals surface area contributed by atoms with Crippen molar-refractivity contribution in [2.24, 2.45) is 0 Å². The highest BCUT2D eigenvalue weighted by Crippen LogP contribution is 2.38. The highest BCUT2D eigenvalue weighted by atomic mass is 35.5. The zero-order valence-electron chi connectivity index (χ0n) is 10.7. The van der Waals surface area contributed by atoms with Gasteiger partial charge in [-0.25, -0.2) is 8.42 Å². The van der Waals surface area contributed by atoms with E-state index >= 15 is 0 Å². The molecule has 0 spiro atoms. The lowest BCUT2D eigenvalue weighted by Crippen LogP contribution is -2.49. The number of benzene rings is 1. The molecule has 1 aromatic carbocycles. The van der Waals surface area contributed by atoms with Gasteiger partial charge in [-0.1, -0.05) is 29.8 Å². The molecule has 1 aromatic heterocycles. The number of nitrogens with one attached hydrogen (secondary N) is 1. The van der Waals surface area contributed by atoms with E-state index in [1.165, 1.54) is 13.8 Å². The first-order valence-corrected chi connectivity index (χ1v) is 8.27. The minimum absolute atomic E-state index is 0.0744. The van der Waals surface area contributed by atoms with E-state index in [1.54, 1.807) is 24.3 Å². The van der Waals surface area contributed by atoms with Crippen molar-refractivity contribution < 1.29 is 18.3 Å². The summed E-state index contributed by atoms with van der Waals surface area (Å²) in [6.07, 6.45) is 0. The van der Waals surface area contributed by atoms with E-state index in [-0.39, 0.29) is 9.23 Å². The number of hydrogen-bond acceptors (Lipinski definition) is 4. The molecule has 0 saturated carbocycles. The fraction of sp³-hybridized carbons (Fsp3) is 0.250. The highest BCUT2D eigenvalue weighted by Gasteiger charge is 2.35. The Morgan fingerprint density at radius 3 is 2.50 bits per heavy atom. The smallest absolute Gasteiger partial charge is 0.324 e. The van der Waals surface area contributed by atoms with E-state index in [2.05, 4.69) is 4.72 Å². The maximum absolute atomic E-state index is 12.3. The van der Waals surface area contributed by atoms with Gasteiger partial charge in [0.05, 0.1) is 5.02 Å². The number of halogens is 1. The van der Waals surface area contributed by atoms with Crippen LogP contribution in [0.3, 0.4) is 0 Å². The van der Waals surface area contributed by atoms with Gasteiger partial charge in [-0.3, -0.25) is 4.79 Å². The highest BCUT2D eigenvalue weighted by molar-refractivity contribution is 7.92. The standard InChI is InChI=1S/C12H12ClNO4S2/c1-12(2,11(15)16)14-20(17,18)10-9(13)7-5-3-4-6-8(7)19-10/h3-6,14H,1-2H3,(H,15,16). The van der Waals surface area contributed by atoms with Crippen molar-refractivity contribution >= 4 is 49.0 Å². The lowest BCUT2D eigenvalue weighted by molar-refractivity contribution is -0.142. The van der Waals surface area contributed by atoms with Gasteiger partial charge < -0.3 is 5.11 Å². The van der Waals surface area contributed by atoms with Gasteiger partial charge in [-0.2, -0.15) is 4.72 Å². The molecule has 0 radical (unpaired) electrons. The van der Waals surface area contributed by atoms with Crippen LogP contribution in [0.15, 0.2) is 28.5 Å². The van der Waals surface area contributed by atoms with Crippen LogP contribution in [0.25, 0.3) is 10.1 Å². The maximum Gasteiger partial charge on any atom is 0.324 e. The van der Waals surface area contributed by atoms with Crippen molar-refractivity contribution in [2.45, 2.75) is 23.6 Å². The molecule has 0 fully saturated rings. The molecule has 108 valence electrons. The first-order chi connectivity index (χ1) is 9.15. The second-order valence-electron chi connectivity index (χ2n) is 4.74. The van der Waals surface area contributed by atoms with E-state index in [0.29, 0.717) is 5.39 Å². The van der Waals surface area contributed by atoms with Crippen molar-refractivity contribution in [3.63, 3.8) is 0 Å². The second kappa shape index (κ2) is 5.00. The molecule has 1 heterocycles. The van der Waals surface area contributed by atoms with Crippen LogP contribution in [0.2, 0.25) is 5.02 Å². The third kappa shape index (κ3) is 2.67. The summed E-state index contributed by atoms with van der Waals surface area (Å²) < 4.78 is 27.4.